The summed E-state index contributed by atoms with van der Waals surface area (Å²) in [5.74, 6) is 0.896. The normalized spacial score (nSPS) is 14.1. The summed E-state index contributed by atoms with van der Waals surface area (Å²) in [6.07, 6.45) is 1.70. The van der Waals surface area contributed by atoms with E-state index in [1.54, 1.807) is 6.33 Å². The maximum absolute atomic E-state index is 6.59. The first-order valence-electron chi connectivity index (χ1n) is 15.4. The molecule has 4 heteroatoms. The lowest BCUT2D eigenvalue weighted by molar-refractivity contribution is 0.653. The van der Waals surface area contributed by atoms with Crippen molar-refractivity contribution in [1.82, 2.24) is 9.97 Å². The first-order valence-corrected chi connectivity index (χ1v) is 15.4. The molecule has 0 spiro atoms. The minimum absolute atomic E-state index is 0.154. The zero-order valence-corrected chi connectivity index (χ0v) is 24.9. The number of aromatic nitrogens is 2. The van der Waals surface area contributed by atoms with Crippen LogP contribution in [0.2, 0.25) is 0 Å². The molecule has 10 rings (SSSR count). The SMILES string of the molecule is CC1(C)c2ccc(N3c4ccccc4-c4cc(-c5ccccc5)cc5ncnc3c45)cc2-c2c1ccc1c2oc2ccccc21. The number of rotatable bonds is 2. The van der Waals surface area contributed by atoms with Crippen LogP contribution in [0.1, 0.15) is 25.0 Å². The number of hydrogen-bond acceptors (Lipinski definition) is 4. The number of benzene rings is 6. The number of para-hydroxylation sites is 2. The second-order valence-electron chi connectivity index (χ2n) is 12.7. The maximum Gasteiger partial charge on any atom is 0.149 e. The lowest BCUT2D eigenvalue weighted by Gasteiger charge is -2.32. The summed E-state index contributed by atoms with van der Waals surface area (Å²) in [5, 5.41) is 3.37. The van der Waals surface area contributed by atoms with Crippen molar-refractivity contribution in [3.8, 4) is 33.4 Å². The third kappa shape index (κ3) is 3.26. The van der Waals surface area contributed by atoms with Crippen molar-refractivity contribution in [2.45, 2.75) is 19.3 Å². The molecule has 0 saturated carbocycles. The summed E-state index contributed by atoms with van der Waals surface area (Å²) < 4.78 is 6.59. The summed E-state index contributed by atoms with van der Waals surface area (Å²) >= 11 is 0. The lowest BCUT2D eigenvalue weighted by atomic mass is 9.82. The third-order valence-electron chi connectivity index (χ3n) is 9.90. The van der Waals surface area contributed by atoms with Gasteiger partial charge in [0.15, 0.2) is 0 Å². The molecule has 1 aliphatic heterocycles. The van der Waals surface area contributed by atoms with Crippen molar-refractivity contribution in [2.75, 3.05) is 4.90 Å². The average molecular weight is 578 g/mol. The van der Waals surface area contributed by atoms with E-state index in [1.165, 1.54) is 33.4 Å². The van der Waals surface area contributed by atoms with Crippen molar-refractivity contribution in [3.63, 3.8) is 0 Å². The fourth-order valence-electron chi connectivity index (χ4n) is 7.77. The molecule has 0 fully saturated rings. The fourth-order valence-corrected chi connectivity index (χ4v) is 7.77. The van der Waals surface area contributed by atoms with Crippen LogP contribution in [0.3, 0.4) is 0 Å². The summed E-state index contributed by atoms with van der Waals surface area (Å²) in [7, 11) is 0. The Hall–Kier alpha value is -5.74. The number of hydrogen-bond donors (Lipinski definition) is 0. The number of anilines is 3. The predicted molar refractivity (Wildman–Crippen MR) is 183 cm³/mol. The Balaban J connectivity index is 1.23. The molecule has 8 aromatic rings. The van der Waals surface area contributed by atoms with Gasteiger partial charge in [0.25, 0.3) is 0 Å². The van der Waals surface area contributed by atoms with E-state index in [4.69, 9.17) is 14.4 Å². The largest absolute Gasteiger partial charge is 0.455 e. The van der Waals surface area contributed by atoms with Gasteiger partial charge in [0.2, 0.25) is 0 Å². The van der Waals surface area contributed by atoms with Gasteiger partial charge < -0.3 is 4.42 Å². The molecule has 0 N–H and O–H groups in total. The summed E-state index contributed by atoms with van der Waals surface area (Å²) in [4.78, 5) is 12.0. The Labute approximate surface area is 260 Å². The van der Waals surface area contributed by atoms with E-state index < -0.39 is 0 Å². The van der Waals surface area contributed by atoms with Crippen LogP contribution in [0.5, 0.6) is 0 Å². The van der Waals surface area contributed by atoms with Gasteiger partial charge >= 0.3 is 0 Å². The Morgan fingerprint density at radius 3 is 2.33 bits per heavy atom. The van der Waals surface area contributed by atoms with Crippen molar-refractivity contribution < 1.29 is 4.42 Å². The molecule has 1 aliphatic carbocycles. The lowest BCUT2D eigenvalue weighted by Crippen LogP contribution is -2.18. The Morgan fingerprint density at radius 1 is 0.622 bits per heavy atom. The molecule has 212 valence electrons. The molecule has 0 radical (unpaired) electrons. The molecule has 45 heavy (non-hydrogen) atoms. The van der Waals surface area contributed by atoms with E-state index in [-0.39, 0.29) is 5.41 Å². The zero-order chi connectivity index (χ0) is 29.9. The molecular weight excluding hydrogens is 550 g/mol. The Morgan fingerprint density at radius 2 is 1.42 bits per heavy atom. The van der Waals surface area contributed by atoms with Crippen LogP contribution in [0.15, 0.2) is 132 Å². The van der Waals surface area contributed by atoms with E-state index in [0.717, 1.165) is 61.2 Å². The predicted octanol–water partition coefficient (Wildman–Crippen LogP) is 11.0. The van der Waals surface area contributed by atoms with Crippen LogP contribution in [-0.4, -0.2) is 9.97 Å². The Bertz CT molecular complexity index is 2530. The van der Waals surface area contributed by atoms with Crippen molar-refractivity contribution in [1.29, 1.82) is 0 Å². The van der Waals surface area contributed by atoms with Crippen molar-refractivity contribution in [3.05, 3.63) is 139 Å². The molecule has 0 amide bonds. The third-order valence-corrected chi connectivity index (χ3v) is 9.90. The number of nitrogens with zero attached hydrogens (tertiary/aromatic N) is 3. The standard InChI is InChI=1S/C41H27N3O/c1-41(2)32-18-16-26(22-31(32)37-33(41)19-17-29-28-13-7-9-15-36(28)45-39(29)37)44-35-14-8-6-12-27(35)30-20-25(24-10-4-3-5-11-24)21-34-38(30)40(44)43-23-42-34/h3-23H,1-2H3. The maximum atomic E-state index is 6.59. The highest BCUT2D eigenvalue weighted by Crippen LogP contribution is 2.56. The van der Waals surface area contributed by atoms with Gasteiger partial charge in [-0.05, 0) is 69.8 Å². The van der Waals surface area contributed by atoms with Crippen molar-refractivity contribution in [2.24, 2.45) is 0 Å². The van der Waals surface area contributed by atoms with Crippen LogP contribution in [0.4, 0.5) is 17.2 Å². The molecule has 0 bridgehead atoms. The highest BCUT2D eigenvalue weighted by Gasteiger charge is 2.39. The fraction of sp³-hybridized carbons (Fsp3) is 0.0732. The molecule has 6 aromatic carbocycles. The molecule has 0 atom stereocenters. The van der Waals surface area contributed by atoms with E-state index in [9.17, 15) is 0 Å². The van der Waals surface area contributed by atoms with E-state index in [0.29, 0.717) is 0 Å². The first kappa shape index (κ1) is 24.7. The quantitative estimate of drug-likeness (QED) is 0.205. The Kier molecular flexibility index (Phi) is 4.76. The minimum atomic E-state index is -0.154. The number of fused-ring (bicyclic) bond motifs is 9. The molecule has 2 aliphatic rings. The monoisotopic (exact) mass is 577 g/mol. The minimum Gasteiger partial charge on any atom is -0.455 e. The van der Waals surface area contributed by atoms with Gasteiger partial charge in [-0.15, -0.1) is 0 Å². The van der Waals surface area contributed by atoms with Gasteiger partial charge in [-0.3, -0.25) is 4.90 Å². The zero-order valence-electron chi connectivity index (χ0n) is 24.9. The van der Waals surface area contributed by atoms with Gasteiger partial charge in [0, 0.05) is 33.0 Å². The molecule has 4 nitrogen and oxygen atoms in total. The average Bonchev–Trinajstić information content (AvgIpc) is 3.57. The van der Waals surface area contributed by atoms with Crippen LogP contribution in [-0.2, 0) is 5.41 Å². The molecule has 2 aromatic heterocycles. The van der Waals surface area contributed by atoms with Gasteiger partial charge in [-0.2, -0.15) is 0 Å². The summed E-state index contributed by atoms with van der Waals surface area (Å²) in [6.45, 7) is 4.63. The van der Waals surface area contributed by atoms with Gasteiger partial charge in [-0.25, -0.2) is 9.97 Å². The van der Waals surface area contributed by atoms with Crippen LogP contribution in [0.25, 0.3) is 66.2 Å². The molecule has 0 saturated heterocycles. The molecule has 0 unspecified atom stereocenters. The molecular formula is C41H27N3O. The van der Waals surface area contributed by atoms with Crippen molar-refractivity contribution >= 4 is 50.0 Å². The summed E-state index contributed by atoms with van der Waals surface area (Å²) in [6, 6.07) is 43.4. The van der Waals surface area contributed by atoms with Crippen LogP contribution in [0, 0.1) is 0 Å². The van der Waals surface area contributed by atoms with Gasteiger partial charge in [0.05, 0.1) is 16.6 Å². The topological polar surface area (TPSA) is 42.2 Å². The first-order chi connectivity index (χ1) is 22.1. The van der Waals surface area contributed by atoms with Crippen LogP contribution >= 0.6 is 0 Å². The van der Waals surface area contributed by atoms with E-state index in [1.807, 2.05) is 6.07 Å². The smallest absolute Gasteiger partial charge is 0.149 e. The van der Waals surface area contributed by atoms with E-state index in [2.05, 4.69) is 134 Å². The van der Waals surface area contributed by atoms with Gasteiger partial charge in [0.1, 0.15) is 23.3 Å². The number of furan rings is 1. The van der Waals surface area contributed by atoms with E-state index >= 15 is 0 Å². The summed E-state index contributed by atoms with van der Waals surface area (Å²) in [5.41, 5.74) is 14.5. The molecule has 3 heterocycles. The van der Waals surface area contributed by atoms with Crippen LogP contribution < -0.4 is 4.90 Å². The second kappa shape index (κ2) is 8.67. The highest BCUT2D eigenvalue weighted by atomic mass is 16.3. The van der Waals surface area contributed by atoms with Gasteiger partial charge in [-0.1, -0.05) is 98.8 Å². The second-order valence-corrected chi connectivity index (χ2v) is 12.7. The highest BCUT2D eigenvalue weighted by molar-refractivity contribution is 6.14.